The van der Waals surface area contributed by atoms with Crippen molar-refractivity contribution in [1.29, 1.82) is 0 Å². The third-order valence-electron chi connectivity index (χ3n) is 14.5. The highest BCUT2D eigenvalue weighted by atomic mass is 31.2. The summed E-state index contributed by atoms with van der Waals surface area (Å²) in [6.07, 6.45) is 40.8. The van der Waals surface area contributed by atoms with E-state index in [1.807, 2.05) is 0 Å². The zero-order valence-electron chi connectivity index (χ0n) is 52.6. The van der Waals surface area contributed by atoms with Crippen molar-refractivity contribution < 1.29 is 80.2 Å². The molecule has 3 N–H and O–H groups in total. The lowest BCUT2D eigenvalue weighted by molar-refractivity contribution is -0.161. The number of carbonyl (C=O) groups excluding carboxylic acids is 4. The molecule has 0 aliphatic rings. The Kier molecular flexibility index (Phi) is 55.5. The quantitative estimate of drug-likeness (QED) is 0.0222. The highest BCUT2D eigenvalue weighted by molar-refractivity contribution is 7.47. The van der Waals surface area contributed by atoms with E-state index in [1.54, 1.807) is 0 Å². The second-order valence-corrected chi connectivity index (χ2v) is 26.2. The predicted octanol–water partition coefficient (Wildman–Crippen LogP) is 17.4. The smallest absolute Gasteiger partial charge is 0.462 e. The molecule has 0 aromatic carbocycles. The molecule has 0 aliphatic carbocycles. The largest absolute Gasteiger partial charge is 0.472 e. The molecule has 486 valence electrons. The normalized spacial score (nSPS) is 14.3. The van der Waals surface area contributed by atoms with Crippen molar-refractivity contribution in [3.8, 4) is 0 Å². The summed E-state index contributed by atoms with van der Waals surface area (Å²) in [4.78, 5) is 71.9. The second-order valence-electron chi connectivity index (χ2n) is 23.3. The van der Waals surface area contributed by atoms with Crippen LogP contribution < -0.4 is 0 Å². The molecule has 0 heterocycles. The maximum Gasteiger partial charge on any atom is 0.472 e. The molecular formula is C63H122O17P2. The van der Waals surface area contributed by atoms with Crippen LogP contribution in [0.25, 0.3) is 0 Å². The van der Waals surface area contributed by atoms with Crippen molar-refractivity contribution in [1.82, 2.24) is 0 Å². The van der Waals surface area contributed by atoms with Crippen molar-refractivity contribution in [2.45, 2.75) is 335 Å². The minimum absolute atomic E-state index is 0.105. The molecule has 0 aliphatic heterocycles. The van der Waals surface area contributed by atoms with Gasteiger partial charge in [0, 0.05) is 25.7 Å². The topological polar surface area (TPSA) is 237 Å². The maximum atomic E-state index is 13.0. The van der Waals surface area contributed by atoms with Crippen molar-refractivity contribution in [3.05, 3.63) is 0 Å². The molecule has 17 nitrogen and oxygen atoms in total. The predicted molar refractivity (Wildman–Crippen MR) is 326 cm³/mol. The molecule has 19 heteroatoms. The number of aliphatic hydroxyl groups is 1. The molecule has 2 unspecified atom stereocenters. The van der Waals surface area contributed by atoms with E-state index in [0.29, 0.717) is 25.7 Å². The van der Waals surface area contributed by atoms with Gasteiger partial charge in [-0.1, -0.05) is 266 Å². The van der Waals surface area contributed by atoms with Gasteiger partial charge in [-0.15, -0.1) is 0 Å². The Morgan fingerprint density at radius 3 is 0.829 bits per heavy atom. The molecular weight excluding hydrogens is 1090 g/mol. The second kappa shape index (κ2) is 56.8. The Hall–Kier alpha value is -1.94. The van der Waals surface area contributed by atoms with Crippen LogP contribution in [0.4, 0.5) is 0 Å². The highest BCUT2D eigenvalue weighted by Gasteiger charge is 2.30. The number of hydrogen-bond acceptors (Lipinski definition) is 15. The van der Waals surface area contributed by atoms with Crippen LogP contribution in [-0.4, -0.2) is 96.7 Å². The molecule has 5 atom stereocenters. The first-order valence-corrected chi connectivity index (χ1v) is 36.1. The van der Waals surface area contributed by atoms with Gasteiger partial charge in [-0.2, -0.15) is 0 Å². The molecule has 0 rings (SSSR count). The van der Waals surface area contributed by atoms with Crippen LogP contribution in [-0.2, 0) is 65.4 Å². The standard InChI is InChI=1S/C63H122O17P2/c1-6-9-12-15-17-19-20-21-22-23-24-25-26-28-34-39-44-49-63(68)80-59(53-74-61(66)47-42-37-32-30-29-31-36-40-45-56(4)5)55-78-82(71,72)76-51-57(64)50-75-81(69,70)77-54-58(52-73-60(65)46-41-35-14-11-8-3)79-62(67)48-43-38-33-27-18-16-13-10-7-2/h56-59,64H,6-55H2,1-5H3,(H,69,70)(H,71,72)/t57-,58+,59+/m0/s1. The van der Waals surface area contributed by atoms with Gasteiger partial charge in [0.15, 0.2) is 12.2 Å². The fraction of sp³-hybridized carbons (Fsp3) is 0.937. The third-order valence-corrected chi connectivity index (χ3v) is 16.4. The summed E-state index contributed by atoms with van der Waals surface area (Å²) in [6, 6.07) is 0. The van der Waals surface area contributed by atoms with Gasteiger partial charge in [0.25, 0.3) is 0 Å². The average Bonchev–Trinajstić information content (AvgIpc) is 3.44. The van der Waals surface area contributed by atoms with Crippen molar-refractivity contribution >= 4 is 39.5 Å². The van der Waals surface area contributed by atoms with E-state index in [9.17, 15) is 43.2 Å². The van der Waals surface area contributed by atoms with Crippen molar-refractivity contribution in [2.75, 3.05) is 39.6 Å². The molecule has 0 fully saturated rings. The number of esters is 4. The van der Waals surface area contributed by atoms with Crippen LogP contribution in [0.15, 0.2) is 0 Å². The van der Waals surface area contributed by atoms with Gasteiger partial charge in [-0.25, -0.2) is 9.13 Å². The summed E-state index contributed by atoms with van der Waals surface area (Å²) in [5.74, 6) is -1.42. The van der Waals surface area contributed by atoms with E-state index in [-0.39, 0.29) is 25.7 Å². The summed E-state index contributed by atoms with van der Waals surface area (Å²) in [7, 11) is -9.87. The van der Waals surface area contributed by atoms with Gasteiger partial charge < -0.3 is 33.8 Å². The minimum atomic E-state index is -4.94. The average molecular weight is 1210 g/mol. The lowest BCUT2D eigenvalue weighted by Gasteiger charge is -2.21. The monoisotopic (exact) mass is 1210 g/mol. The molecule has 0 aromatic heterocycles. The van der Waals surface area contributed by atoms with Crippen LogP contribution in [0.5, 0.6) is 0 Å². The van der Waals surface area contributed by atoms with Crippen LogP contribution in [0, 0.1) is 5.92 Å². The van der Waals surface area contributed by atoms with E-state index in [4.69, 9.17) is 37.0 Å². The SMILES string of the molecule is CCCCCCCCCCCCCCCCCCCC(=O)O[C@H](COC(=O)CCCCCCCCCCC(C)C)COP(=O)(O)OC[C@@H](O)COP(=O)(O)OC[C@@H](COC(=O)CCCCCCC)OC(=O)CCCCCCCCCCC. The van der Waals surface area contributed by atoms with E-state index in [0.717, 1.165) is 102 Å². The number of ether oxygens (including phenoxy) is 4. The van der Waals surface area contributed by atoms with Gasteiger partial charge in [-0.3, -0.25) is 37.3 Å². The summed E-state index contributed by atoms with van der Waals surface area (Å²) in [5, 5.41) is 10.5. The summed E-state index contributed by atoms with van der Waals surface area (Å²) < 4.78 is 67.7. The molecule has 0 spiro atoms. The first kappa shape index (κ1) is 80.1. The number of phosphoric acid groups is 2. The Bertz CT molecular complexity index is 1600. The molecule has 0 radical (unpaired) electrons. The molecule has 0 amide bonds. The Morgan fingerprint density at radius 1 is 0.329 bits per heavy atom. The van der Waals surface area contributed by atoms with Gasteiger partial charge in [0.2, 0.25) is 0 Å². The molecule has 0 aromatic rings. The summed E-state index contributed by atoms with van der Waals surface area (Å²) in [5.41, 5.74) is 0. The maximum absolute atomic E-state index is 13.0. The lowest BCUT2D eigenvalue weighted by Crippen LogP contribution is -2.30. The van der Waals surface area contributed by atoms with Crippen LogP contribution >= 0.6 is 15.6 Å². The fourth-order valence-electron chi connectivity index (χ4n) is 9.41. The zero-order chi connectivity index (χ0) is 60.6. The lowest BCUT2D eigenvalue weighted by atomic mass is 10.0. The Labute approximate surface area is 498 Å². The van der Waals surface area contributed by atoms with Gasteiger partial charge >= 0.3 is 39.5 Å². The number of unbranched alkanes of at least 4 members (excludes halogenated alkanes) is 35. The van der Waals surface area contributed by atoms with Crippen LogP contribution in [0.2, 0.25) is 0 Å². The number of aliphatic hydroxyl groups excluding tert-OH is 1. The molecule has 0 saturated carbocycles. The number of rotatable bonds is 63. The highest BCUT2D eigenvalue weighted by Crippen LogP contribution is 2.45. The molecule has 82 heavy (non-hydrogen) atoms. The summed E-state index contributed by atoms with van der Waals surface area (Å²) >= 11 is 0. The fourth-order valence-corrected chi connectivity index (χ4v) is 11.0. The third kappa shape index (κ3) is 57.2. The zero-order valence-corrected chi connectivity index (χ0v) is 54.4. The van der Waals surface area contributed by atoms with Crippen molar-refractivity contribution in [3.63, 3.8) is 0 Å². The van der Waals surface area contributed by atoms with E-state index >= 15 is 0 Å². The minimum Gasteiger partial charge on any atom is -0.462 e. The number of phosphoric ester groups is 2. The van der Waals surface area contributed by atoms with E-state index in [1.165, 1.54) is 135 Å². The van der Waals surface area contributed by atoms with E-state index < -0.39 is 97.5 Å². The Balaban J connectivity index is 5.14. The molecule has 0 saturated heterocycles. The van der Waals surface area contributed by atoms with Crippen molar-refractivity contribution in [2.24, 2.45) is 5.92 Å². The van der Waals surface area contributed by atoms with Gasteiger partial charge in [-0.05, 0) is 31.6 Å². The molecule has 0 bridgehead atoms. The summed E-state index contributed by atoms with van der Waals surface area (Å²) in [6.45, 7) is 7.05. The van der Waals surface area contributed by atoms with Crippen LogP contribution in [0.3, 0.4) is 0 Å². The van der Waals surface area contributed by atoms with Crippen LogP contribution in [0.1, 0.15) is 317 Å². The van der Waals surface area contributed by atoms with Gasteiger partial charge in [0.1, 0.15) is 19.3 Å². The Morgan fingerprint density at radius 2 is 0.561 bits per heavy atom. The van der Waals surface area contributed by atoms with Gasteiger partial charge in [0.05, 0.1) is 26.4 Å². The first-order valence-electron chi connectivity index (χ1n) is 33.1. The van der Waals surface area contributed by atoms with E-state index in [2.05, 4.69) is 34.6 Å². The number of carbonyl (C=O) groups is 4. The first-order chi connectivity index (χ1) is 39.5. The number of hydrogen-bond donors (Lipinski definition) is 3.